The highest BCUT2D eigenvalue weighted by Gasteiger charge is 2.28. The van der Waals surface area contributed by atoms with Crippen molar-refractivity contribution < 1.29 is 0 Å². The lowest BCUT2D eigenvalue weighted by Crippen LogP contribution is -2.23. The van der Waals surface area contributed by atoms with E-state index < -0.39 is 0 Å². The van der Waals surface area contributed by atoms with Gasteiger partial charge in [-0.05, 0) is 54.1 Å². The lowest BCUT2D eigenvalue weighted by atomic mass is 9.93. The van der Waals surface area contributed by atoms with Gasteiger partial charge in [-0.25, -0.2) is 0 Å². The van der Waals surface area contributed by atoms with E-state index in [-0.39, 0.29) is 0 Å². The third-order valence-corrected chi connectivity index (χ3v) is 4.12. The molecule has 14 heavy (non-hydrogen) atoms. The lowest BCUT2D eigenvalue weighted by molar-refractivity contribution is 0.380. The summed E-state index contributed by atoms with van der Waals surface area (Å²) in [4.78, 5) is 0. The monoisotopic (exact) mass is 209 g/mol. The number of hydrogen-bond acceptors (Lipinski definition) is 2. The van der Waals surface area contributed by atoms with Crippen molar-refractivity contribution >= 4 is 11.3 Å². The van der Waals surface area contributed by atoms with E-state index in [1.165, 1.54) is 24.8 Å². The van der Waals surface area contributed by atoms with Crippen LogP contribution in [0.4, 0.5) is 0 Å². The maximum absolute atomic E-state index is 3.47. The normalized spacial score (nSPS) is 29.3. The Bertz CT molecular complexity index is 268. The first-order chi connectivity index (χ1) is 6.81. The van der Waals surface area contributed by atoms with E-state index >= 15 is 0 Å². The van der Waals surface area contributed by atoms with Crippen LogP contribution in [0.25, 0.3) is 0 Å². The molecule has 1 nitrogen and oxygen atoms in total. The molecule has 1 N–H and O–H groups in total. The van der Waals surface area contributed by atoms with Gasteiger partial charge in [0.05, 0.1) is 0 Å². The Kier molecular flexibility index (Phi) is 3.24. The van der Waals surface area contributed by atoms with Gasteiger partial charge in [0.1, 0.15) is 0 Å². The van der Waals surface area contributed by atoms with Crippen molar-refractivity contribution in [3.8, 4) is 0 Å². The summed E-state index contributed by atoms with van der Waals surface area (Å²) in [5.74, 6) is 1.78. The molecule has 0 aliphatic heterocycles. The van der Waals surface area contributed by atoms with Crippen LogP contribution in [0.15, 0.2) is 16.8 Å². The Morgan fingerprint density at radius 2 is 2.36 bits per heavy atom. The van der Waals surface area contributed by atoms with Crippen LogP contribution in [0.1, 0.15) is 37.8 Å². The number of hydrogen-bond donors (Lipinski definition) is 1. The second-order valence-corrected chi connectivity index (χ2v) is 5.28. The Morgan fingerprint density at radius 1 is 1.50 bits per heavy atom. The average molecular weight is 209 g/mol. The van der Waals surface area contributed by atoms with Crippen molar-refractivity contribution in [1.82, 2.24) is 5.32 Å². The summed E-state index contributed by atoms with van der Waals surface area (Å²) in [5, 5.41) is 7.93. The smallest absolute Gasteiger partial charge is 0.0354 e. The summed E-state index contributed by atoms with van der Waals surface area (Å²) < 4.78 is 0. The second-order valence-electron chi connectivity index (χ2n) is 4.50. The molecule has 1 saturated carbocycles. The van der Waals surface area contributed by atoms with Gasteiger partial charge in [0.25, 0.3) is 0 Å². The van der Waals surface area contributed by atoms with E-state index in [1.807, 2.05) is 0 Å². The van der Waals surface area contributed by atoms with E-state index in [9.17, 15) is 0 Å². The first-order valence-corrected chi connectivity index (χ1v) is 6.45. The largest absolute Gasteiger partial charge is 0.313 e. The Morgan fingerprint density at radius 3 is 2.86 bits per heavy atom. The molecular weight excluding hydrogens is 190 g/mol. The number of thiophene rings is 1. The number of rotatable bonds is 3. The third kappa shape index (κ3) is 2.01. The molecular formula is C12H19NS. The molecule has 0 radical (unpaired) electrons. The molecule has 0 bridgehead atoms. The van der Waals surface area contributed by atoms with Gasteiger partial charge in [0.15, 0.2) is 0 Å². The summed E-state index contributed by atoms with van der Waals surface area (Å²) in [5.41, 5.74) is 1.48. The van der Waals surface area contributed by atoms with E-state index in [4.69, 9.17) is 0 Å². The highest BCUT2D eigenvalue weighted by molar-refractivity contribution is 7.07. The van der Waals surface area contributed by atoms with E-state index in [2.05, 4.69) is 36.1 Å². The summed E-state index contributed by atoms with van der Waals surface area (Å²) in [7, 11) is 2.09. The lowest BCUT2D eigenvalue weighted by Gasteiger charge is -2.22. The summed E-state index contributed by atoms with van der Waals surface area (Å²) >= 11 is 1.80. The molecule has 1 fully saturated rings. The Hall–Kier alpha value is -0.340. The minimum atomic E-state index is 0.589. The fourth-order valence-corrected chi connectivity index (χ4v) is 3.38. The maximum Gasteiger partial charge on any atom is 0.0354 e. The summed E-state index contributed by atoms with van der Waals surface area (Å²) in [6, 6.07) is 2.85. The molecule has 2 heteroatoms. The van der Waals surface area contributed by atoms with Crippen molar-refractivity contribution in [3.63, 3.8) is 0 Å². The molecule has 78 valence electrons. The van der Waals surface area contributed by atoms with E-state index in [1.54, 1.807) is 11.3 Å². The molecule has 1 heterocycles. The standard InChI is InChI=1S/C12H19NS/c1-9-3-4-10(7-9)12(13-2)11-5-6-14-8-11/h5-6,8-10,12-13H,3-4,7H2,1-2H3. The van der Waals surface area contributed by atoms with Crippen LogP contribution < -0.4 is 5.32 Å². The van der Waals surface area contributed by atoms with Crippen molar-refractivity contribution in [1.29, 1.82) is 0 Å². The van der Waals surface area contributed by atoms with Gasteiger partial charge in [-0.2, -0.15) is 11.3 Å². The highest BCUT2D eigenvalue weighted by Crippen LogP contribution is 2.39. The second kappa shape index (κ2) is 4.45. The van der Waals surface area contributed by atoms with Crippen molar-refractivity contribution in [3.05, 3.63) is 22.4 Å². The topological polar surface area (TPSA) is 12.0 Å². The van der Waals surface area contributed by atoms with Crippen LogP contribution in [-0.2, 0) is 0 Å². The van der Waals surface area contributed by atoms with E-state index in [0.717, 1.165) is 11.8 Å². The van der Waals surface area contributed by atoms with Crippen molar-refractivity contribution in [2.24, 2.45) is 11.8 Å². The van der Waals surface area contributed by atoms with Gasteiger partial charge >= 0.3 is 0 Å². The van der Waals surface area contributed by atoms with Gasteiger partial charge in [0, 0.05) is 6.04 Å². The van der Waals surface area contributed by atoms with Gasteiger partial charge in [-0.15, -0.1) is 0 Å². The molecule has 3 atom stereocenters. The molecule has 1 aliphatic carbocycles. The van der Waals surface area contributed by atoms with Crippen LogP contribution in [0, 0.1) is 11.8 Å². The summed E-state index contributed by atoms with van der Waals surface area (Å²) in [6.45, 7) is 2.38. The van der Waals surface area contributed by atoms with Gasteiger partial charge in [-0.1, -0.05) is 13.3 Å². The van der Waals surface area contributed by atoms with E-state index in [0.29, 0.717) is 6.04 Å². The first-order valence-electron chi connectivity index (χ1n) is 5.50. The number of nitrogens with one attached hydrogen (secondary N) is 1. The van der Waals surface area contributed by atoms with Crippen LogP contribution in [0.3, 0.4) is 0 Å². The molecule has 3 unspecified atom stereocenters. The average Bonchev–Trinajstić information content (AvgIpc) is 2.79. The Labute approximate surface area is 90.5 Å². The predicted octanol–water partition coefficient (Wildman–Crippen LogP) is 3.44. The predicted molar refractivity (Wildman–Crippen MR) is 62.6 cm³/mol. The molecule has 2 rings (SSSR count). The SMILES string of the molecule is CNC(c1ccsc1)C1CCC(C)C1. The fraction of sp³-hybridized carbons (Fsp3) is 0.667. The quantitative estimate of drug-likeness (QED) is 0.804. The summed E-state index contributed by atoms with van der Waals surface area (Å²) in [6.07, 6.45) is 4.19. The van der Waals surface area contributed by atoms with Crippen LogP contribution >= 0.6 is 11.3 Å². The molecule has 1 aromatic rings. The van der Waals surface area contributed by atoms with Gasteiger partial charge < -0.3 is 5.32 Å². The molecule has 0 saturated heterocycles. The van der Waals surface area contributed by atoms with Crippen molar-refractivity contribution in [2.75, 3.05) is 7.05 Å². The molecule has 0 aromatic carbocycles. The highest BCUT2D eigenvalue weighted by atomic mass is 32.1. The maximum atomic E-state index is 3.47. The zero-order valence-electron chi connectivity index (χ0n) is 8.99. The Balaban J connectivity index is 2.07. The molecule has 0 amide bonds. The van der Waals surface area contributed by atoms with Gasteiger partial charge in [0.2, 0.25) is 0 Å². The van der Waals surface area contributed by atoms with Crippen molar-refractivity contribution in [2.45, 2.75) is 32.2 Å². The minimum absolute atomic E-state index is 0.589. The molecule has 1 aromatic heterocycles. The minimum Gasteiger partial charge on any atom is -0.313 e. The van der Waals surface area contributed by atoms with Crippen LogP contribution in [-0.4, -0.2) is 7.05 Å². The van der Waals surface area contributed by atoms with Gasteiger partial charge in [-0.3, -0.25) is 0 Å². The zero-order chi connectivity index (χ0) is 9.97. The first kappa shape index (κ1) is 10.2. The van der Waals surface area contributed by atoms with Crippen LogP contribution in [0.5, 0.6) is 0 Å². The third-order valence-electron chi connectivity index (χ3n) is 3.42. The molecule has 1 aliphatic rings. The van der Waals surface area contributed by atoms with Crippen LogP contribution in [0.2, 0.25) is 0 Å². The molecule has 0 spiro atoms. The fourth-order valence-electron chi connectivity index (χ4n) is 2.68. The zero-order valence-corrected chi connectivity index (χ0v) is 9.81.